The molecule has 0 saturated heterocycles. The Hall–Kier alpha value is -0.590. The van der Waals surface area contributed by atoms with Crippen LogP contribution >= 0.6 is 0 Å². The molecular weight excluding hydrogens is 110 g/mol. The van der Waals surface area contributed by atoms with Crippen molar-refractivity contribution in [1.29, 1.82) is 0 Å². The molecule has 1 heterocycles. The molecule has 1 nitrogen and oxygen atoms in total. The molecule has 0 bridgehead atoms. The summed E-state index contributed by atoms with van der Waals surface area (Å²) in [6.07, 6.45) is 1.17. The van der Waals surface area contributed by atoms with E-state index in [0.29, 0.717) is 0 Å². The van der Waals surface area contributed by atoms with Crippen LogP contribution in [-0.4, -0.2) is 17.3 Å². The summed E-state index contributed by atoms with van der Waals surface area (Å²) in [5.74, 6) is 0. The Labute approximate surface area is 56.7 Å². The molecule has 0 amide bonds. The summed E-state index contributed by atoms with van der Waals surface area (Å²) >= 11 is 0. The van der Waals surface area contributed by atoms with Crippen LogP contribution in [0, 0.1) is 0 Å². The van der Waals surface area contributed by atoms with Crippen LogP contribution in [0.1, 0.15) is 27.2 Å². The van der Waals surface area contributed by atoms with Gasteiger partial charge in [0.05, 0.1) is 6.42 Å². The largest absolute Gasteiger partial charge is 0.207 e. The van der Waals surface area contributed by atoms with Gasteiger partial charge in [-0.3, -0.25) is 0 Å². The van der Waals surface area contributed by atoms with Crippen molar-refractivity contribution < 1.29 is 4.58 Å². The molecule has 0 spiro atoms. The van der Waals surface area contributed by atoms with E-state index in [0.717, 1.165) is 0 Å². The Kier molecular flexibility index (Phi) is 1.43. The van der Waals surface area contributed by atoms with Gasteiger partial charge in [-0.1, -0.05) is 0 Å². The van der Waals surface area contributed by atoms with Crippen LogP contribution in [0.4, 0.5) is 0 Å². The summed E-state index contributed by atoms with van der Waals surface area (Å²) in [6.45, 7) is 6.55. The maximum Gasteiger partial charge on any atom is 0.177 e. The fraction of sp³-hybridized carbons (Fsp3) is 0.625. The molecule has 50 valence electrons. The van der Waals surface area contributed by atoms with Gasteiger partial charge in [-0.15, -0.1) is 0 Å². The van der Waals surface area contributed by atoms with Crippen molar-refractivity contribution in [3.8, 4) is 0 Å². The van der Waals surface area contributed by atoms with E-state index >= 15 is 0 Å². The van der Waals surface area contributed by atoms with E-state index in [1.54, 1.807) is 0 Å². The molecule has 9 heavy (non-hydrogen) atoms. The fourth-order valence-electron chi connectivity index (χ4n) is 1.20. The second kappa shape index (κ2) is 1.98. The molecule has 1 aliphatic rings. The first kappa shape index (κ1) is 6.53. The van der Waals surface area contributed by atoms with Gasteiger partial charge in [-0.2, -0.15) is 0 Å². The molecular formula is C8H14N+. The summed E-state index contributed by atoms with van der Waals surface area (Å²) in [4.78, 5) is 0. The van der Waals surface area contributed by atoms with E-state index in [2.05, 4.69) is 32.4 Å². The molecule has 0 N–H and O–H groups in total. The number of rotatable bonds is 0. The molecule has 0 fully saturated rings. The van der Waals surface area contributed by atoms with E-state index in [1.807, 2.05) is 0 Å². The van der Waals surface area contributed by atoms with Crippen molar-refractivity contribution in [3.63, 3.8) is 0 Å². The molecule has 1 rings (SSSR count). The van der Waals surface area contributed by atoms with E-state index in [4.69, 9.17) is 0 Å². The van der Waals surface area contributed by atoms with Gasteiger partial charge < -0.3 is 0 Å². The zero-order valence-electron chi connectivity index (χ0n) is 6.65. The lowest BCUT2D eigenvalue weighted by atomic mass is 10.2. The summed E-state index contributed by atoms with van der Waals surface area (Å²) in [7, 11) is 2.13. The molecule has 0 unspecified atom stereocenters. The van der Waals surface area contributed by atoms with Gasteiger partial charge in [0.15, 0.2) is 11.4 Å². The molecule has 1 heteroatoms. The minimum atomic E-state index is 1.17. The zero-order valence-corrected chi connectivity index (χ0v) is 6.65. The Morgan fingerprint density at radius 3 is 1.89 bits per heavy atom. The van der Waals surface area contributed by atoms with E-state index in [9.17, 15) is 0 Å². The third-order valence-corrected chi connectivity index (χ3v) is 2.21. The average Bonchev–Trinajstić information content (AvgIpc) is 1.98. The van der Waals surface area contributed by atoms with Crippen LogP contribution in [0.2, 0.25) is 0 Å². The van der Waals surface area contributed by atoms with Gasteiger partial charge in [-0.05, 0) is 6.92 Å². The van der Waals surface area contributed by atoms with Crippen molar-refractivity contribution in [1.82, 2.24) is 0 Å². The monoisotopic (exact) mass is 124 g/mol. The lowest BCUT2D eigenvalue weighted by Crippen LogP contribution is -2.04. The minimum Gasteiger partial charge on any atom is -0.207 e. The van der Waals surface area contributed by atoms with Crippen molar-refractivity contribution in [2.75, 3.05) is 7.05 Å². The number of allylic oxidation sites excluding steroid dienone is 2. The molecule has 0 aromatic heterocycles. The standard InChI is InChI=1S/C8H14N/c1-6-5-7(2)9(4)8(6)3/h5H2,1-4H3/q+1. The highest BCUT2D eigenvalue weighted by Gasteiger charge is 2.19. The Bertz CT molecular complexity index is 175. The first-order valence-corrected chi connectivity index (χ1v) is 3.35. The Morgan fingerprint density at radius 2 is 1.78 bits per heavy atom. The van der Waals surface area contributed by atoms with Crippen LogP contribution in [0.3, 0.4) is 0 Å². The van der Waals surface area contributed by atoms with Crippen LogP contribution in [0.15, 0.2) is 11.3 Å². The van der Waals surface area contributed by atoms with Crippen molar-refractivity contribution in [2.45, 2.75) is 27.2 Å². The molecule has 0 aromatic carbocycles. The van der Waals surface area contributed by atoms with E-state index < -0.39 is 0 Å². The maximum atomic E-state index is 2.26. The maximum absolute atomic E-state index is 2.26. The topological polar surface area (TPSA) is 3.01 Å². The van der Waals surface area contributed by atoms with Crippen LogP contribution in [0.25, 0.3) is 0 Å². The SMILES string of the molecule is CC1=C(C)[N+](C)=C(C)C1. The molecule has 0 radical (unpaired) electrons. The molecule has 1 aliphatic heterocycles. The van der Waals surface area contributed by atoms with Gasteiger partial charge in [0.2, 0.25) is 0 Å². The first-order valence-electron chi connectivity index (χ1n) is 3.35. The Balaban J connectivity index is 2.97. The van der Waals surface area contributed by atoms with E-state index in [1.165, 1.54) is 23.4 Å². The Morgan fingerprint density at radius 1 is 1.22 bits per heavy atom. The van der Waals surface area contributed by atoms with E-state index in [-0.39, 0.29) is 0 Å². The molecule has 0 saturated carbocycles. The van der Waals surface area contributed by atoms with Crippen molar-refractivity contribution in [3.05, 3.63) is 11.3 Å². The summed E-state index contributed by atoms with van der Waals surface area (Å²) in [6, 6.07) is 0. The minimum absolute atomic E-state index is 1.17. The van der Waals surface area contributed by atoms with Gasteiger partial charge in [0.1, 0.15) is 7.05 Å². The number of hydrogen-bond acceptors (Lipinski definition) is 0. The number of hydrogen-bond donors (Lipinski definition) is 0. The lowest BCUT2D eigenvalue weighted by Gasteiger charge is -1.89. The fourth-order valence-corrected chi connectivity index (χ4v) is 1.20. The van der Waals surface area contributed by atoms with Crippen molar-refractivity contribution >= 4 is 5.71 Å². The average molecular weight is 124 g/mol. The summed E-state index contributed by atoms with van der Waals surface area (Å²) in [5.41, 5.74) is 4.40. The molecule has 0 aromatic rings. The summed E-state index contributed by atoms with van der Waals surface area (Å²) in [5, 5.41) is 0. The number of nitrogens with zero attached hydrogens (tertiary/aromatic N) is 1. The summed E-state index contributed by atoms with van der Waals surface area (Å²) < 4.78 is 2.26. The van der Waals surface area contributed by atoms with Crippen LogP contribution in [0.5, 0.6) is 0 Å². The predicted octanol–water partition coefficient (Wildman–Crippen LogP) is 1.79. The normalized spacial score (nSPS) is 20.0. The van der Waals surface area contributed by atoms with Crippen LogP contribution < -0.4 is 0 Å². The van der Waals surface area contributed by atoms with Gasteiger partial charge >= 0.3 is 0 Å². The first-order chi connectivity index (χ1) is 4.13. The predicted molar refractivity (Wildman–Crippen MR) is 39.9 cm³/mol. The zero-order chi connectivity index (χ0) is 7.02. The smallest absolute Gasteiger partial charge is 0.177 e. The van der Waals surface area contributed by atoms with Gasteiger partial charge in [-0.25, -0.2) is 4.58 Å². The highest BCUT2D eigenvalue weighted by Crippen LogP contribution is 2.16. The van der Waals surface area contributed by atoms with Gasteiger partial charge in [0.25, 0.3) is 0 Å². The van der Waals surface area contributed by atoms with Crippen LogP contribution in [-0.2, 0) is 0 Å². The lowest BCUT2D eigenvalue weighted by molar-refractivity contribution is -0.441. The third kappa shape index (κ3) is 0.913. The molecule has 0 atom stereocenters. The second-order valence-electron chi connectivity index (χ2n) is 2.84. The third-order valence-electron chi connectivity index (χ3n) is 2.21. The quantitative estimate of drug-likeness (QED) is 0.433. The molecule has 0 aliphatic carbocycles. The van der Waals surface area contributed by atoms with Gasteiger partial charge in [0, 0.05) is 19.4 Å². The highest BCUT2D eigenvalue weighted by atomic mass is 15.0. The second-order valence-corrected chi connectivity index (χ2v) is 2.84. The van der Waals surface area contributed by atoms with Crippen molar-refractivity contribution in [2.24, 2.45) is 0 Å². The highest BCUT2D eigenvalue weighted by molar-refractivity contribution is 5.81.